The highest BCUT2D eigenvalue weighted by Crippen LogP contribution is 1.98. The maximum absolute atomic E-state index is 11.5. The topological polar surface area (TPSA) is 81.1 Å². The predicted octanol–water partition coefficient (Wildman–Crippen LogP) is 0.369. The van der Waals surface area contributed by atoms with Crippen molar-refractivity contribution in [3.63, 3.8) is 0 Å². The van der Waals surface area contributed by atoms with Gasteiger partial charge in [0.1, 0.15) is 0 Å². The number of carbonyl (C=O) groups excluding carboxylic acids is 1. The van der Waals surface area contributed by atoms with Gasteiger partial charge in [-0.1, -0.05) is 30.3 Å². The second-order valence-electron chi connectivity index (χ2n) is 3.74. The molecule has 1 aromatic carbocycles. The van der Waals surface area contributed by atoms with Crippen molar-refractivity contribution < 1.29 is 4.79 Å². The first kappa shape index (κ1) is 12.7. The summed E-state index contributed by atoms with van der Waals surface area (Å²) < 4.78 is 0. The Bertz CT molecular complexity index is 313. The Hall–Kier alpha value is -1.39. The van der Waals surface area contributed by atoms with Gasteiger partial charge in [-0.3, -0.25) is 4.79 Å². The second kappa shape index (κ2) is 6.98. The second-order valence-corrected chi connectivity index (χ2v) is 3.74. The van der Waals surface area contributed by atoms with E-state index >= 15 is 0 Å². The van der Waals surface area contributed by atoms with Gasteiger partial charge in [0.25, 0.3) is 0 Å². The van der Waals surface area contributed by atoms with Crippen molar-refractivity contribution >= 4 is 5.91 Å². The van der Waals surface area contributed by atoms with Gasteiger partial charge < -0.3 is 16.8 Å². The molecule has 1 aromatic rings. The summed E-state index contributed by atoms with van der Waals surface area (Å²) in [6.45, 7) is 1.09. The van der Waals surface area contributed by atoms with Crippen LogP contribution in [-0.4, -0.2) is 18.5 Å². The van der Waals surface area contributed by atoms with Crippen molar-refractivity contribution in [3.05, 3.63) is 35.9 Å². The molecule has 0 bridgehead atoms. The van der Waals surface area contributed by atoms with Crippen LogP contribution in [0.5, 0.6) is 0 Å². The molecule has 4 nitrogen and oxygen atoms in total. The molecule has 88 valence electrons. The number of nitrogens with two attached hydrogens (primary N) is 2. The normalized spacial score (nSPS) is 12.1. The molecule has 1 amide bonds. The molecule has 0 unspecified atom stereocenters. The summed E-state index contributed by atoms with van der Waals surface area (Å²) >= 11 is 0. The summed E-state index contributed by atoms with van der Waals surface area (Å²) in [7, 11) is 0. The van der Waals surface area contributed by atoms with Crippen molar-refractivity contribution in [3.8, 4) is 0 Å². The maximum atomic E-state index is 11.5. The third kappa shape index (κ3) is 4.42. The van der Waals surface area contributed by atoms with Gasteiger partial charge in [-0.2, -0.15) is 0 Å². The quantitative estimate of drug-likeness (QED) is 0.649. The molecule has 4 heteroatoms. The summed E-state index contributed by atoms with van der Waals surface area (Å²) in [5, 5.41) is 2.80. The third-order valence-electron chi connectivity index (χ3n) is 2.37. The van der Waals surface area contributed by atoms with Gasteiger partial charge in [0, 0.05) is 6.54 Å². The maximum Gasteiger partial charge on any atom is 0.237 e. The van der Waals surface area contributed by atoms with Crippen molar-refractivity contribution in [1.82, 2.24) is 5.32 Å². The van der Waals surface area contributed by atoms with Crippen LogP contribution >= 0.6 is 0 Å². The standard InChI is InChI=1S/C12H19N3O/c13-8-4-7-11(14)12(16)15-9-10-5-2-1-3-6-10/h1-3,5-6,11H,4,7-9,13-14H2,(H,15,16)/t11-/m0/s1. The van der Waals surface area contributed by atoms with E-state index in [4.69, 9.17) is 11.5 Å². The van der Waals surface area contributed by atoms with Crippen molar-refractivity contribution in [1.29, 1.82) is 0 Å². The number of carbonyl (C=O) groups is 1. The summed E-state index contributed by atoms with van der Waals surface area (Å²) in [4.78, 5) is 11.5. The minimum atomic E-state index is -0.452. The van der Waals surface area contributed by atoms with Crippen LogP contribution < -0.4 is 16.8 Å². The van der Waals surface area contributed by atoms with E-state index in [-0.39, 0.29) is 5.91 Å². The first-order valence-corrected chi connectivity index (χ1v) is 5.51. The molecule has 0 aliphatic carbocycles. The van der Waals surface area contributed by atoms with Crippen LogP contribution in [-0.2, 0) is 11.3 Å². The van der Waals surface area contributed by atoms with Gasteiger partial charge in [-0.05, 0) is 24.9 Å². The van der Waals surface area contributed by atoms with Gasteiger partial charge in [0.15, 0.2) is 0 Å². The largest absolute Gasteiger partial charge is 0.351 e. The SMILES string of the molecule is NCCC[C@H](N)C(=O)NCc1ccccc1. The lowest BCUT2D eigenvalue weighted by atomic mass is 10.1. The molecule has 5 N–H and O–H groups in total. The van der Waals surface area contributed by atoms with E-state index in [1.807, 2.05) is 30.3 Å². The van der Waals surface area contributed by atoms with Gasteiger partial charge in [-0.25, -0.2) is 0 Å². The molecule has 0 aromatic heterocycles. The molecule has 0 heterocycles. The minimum Gasteiger partial charge on any atom is -0.351 e. The number of rotatable bonds is 6. The number of nitrogens with one attached hydrogen (secondary N) is 1. The van der Waals surface area contributed by atoms with Crippen LogP contribution in [0.2, 0.25) is 0 Å². The Kier molecular flexibility index (Phi) is 5.53. The molecular weight excluding hydrogens is 202 g/mol. The zero-order valence-electron chi connectivity index (χ0n) is 9.36. The van der Waals surface area contributed by atoms with Gasteiger partial charge >= 0.3 is 0 Å². The molecule has 1 atom stereocenters. The van der Waals surface area contributed by atoms with E-state index < -0.39 is 6.04 Å². The zero-order valence-corrected chi connectivity index (χ0v) is 9.36. The Labute approximate surface area is 96.0 Å². The Balaban J connectivity index is 2.29. The summed E-state index contributed by atoms with van der Waals surface area (Å²) in [6.07, 6.45) is 1.41. The smallest absolute Gasteiger partial charge is 0.237 e. The van der Waals surface area contributed by atoms with E-state index in [0.717, 1.165) is 12.0 Å². The van der Waals surface area contributed by atoms with E-state index in [2.05, 4.69) is 5.32 Å². The first-order valence-electron chi connectivity index (χ1n) is 5.51. The highest BCUT2D eigenvalue weighted by molar-refractivity contribution is 5.81. The summed E-state index contributed by atoms with van der Waals surface area (Å²) in [6, 6.07) is 9.30. The first-order chi connectivity index (χ1) is 7.74. The number of hydrogen-bond acceptors (Lipinski definition) is 3. The van der Waals surface area contributed by atoms with Crippen LogP contribution in [0, 0.1) is 0 Å². The Morgan fingerprint density at radius 2 is 2.00 bits per heavy atom. The molecule has 0 fully saturated rings. The molecule has 16 heavy (non-hydrogen) atoms. The van der Waals surface area contributed by atoms with Crippen LogP contribution in [0.3, 0.4) is 0 Å². The monoisotopic (exact) mass is 221 g/mol. The third-order valence-corrected chi connectivity index (χ3v) is 2.37. The average Bonchev–Trinajstić information content (AvgIpc) is 2.34. The molecule has 0 spiro atoms. The van der Waals surface area contributed by atoms with Gasteiger partial charge in [0.05, 0.1) is 6.04 Å². The molecule has 0 saturated heterocycles. The van der Waals surface area contributed by atoms with Crippen molar-refractivity contribution in [2.24, 2.45) is 11.5 Å². The van der Waals surface area contributed by atoms with Crippen molar-refractivity contribution in [2.45, 2.75) is 25.4 Å². The average molecular weight is 221 g/mol. The number of hydrogen-bond donors (Lipinski definition) is 3. The van der Waals surface area contributed by atoms with E-state index in [1.54, 1.807) is 0 Å². The van der Waals surface area contributed by atoms with Gasteiger partial charge in [-0.15, -0.1) is 0 Å². The van der Waals surface area contributed by atoms with E-state index in [0.29, 0.717) is 19.5 Å². The van der Waals surface area contributed by atoms with Crippen LogP contribution in [0.4, 0.5) is 0 Å². The molecule has 1 rings (SSSR count). The fourth-order valence-corrected chi connectivity index (χ4v) is 1.38. The van der Waals surface area contributed by atoms with E-state index in [9.17, 15) is 4.79 Å². The van der Waals surface area contributed by atoms with E-state index in [1.165, 1.54) is 0 Å². The number of amides is 1. The predicted molar refractivity (Wildman–Crippen MR) is 64.6 cm³/mol. The molecule has 0 radical (unpaired) electrons. The summed E-state index contributed by atoms with van der Waals surface area (Å²) in [5.74, 6) is -0.114. The lowest BCUT2D eigenvalue weighted by Crippen LogP contribution is -2.40. The fraction of sp³-hybridized carbons (Fsp3) is 0.417. The molecule has 0 aliphatic heterocycles. The Morgan fingerprint density at radius 1 is 1.31 bits per heavy atom. The van der Waals surface area contributed by atoms with Crippen LogP contribution in [0.1, 0.15) is 18.4 Å². The van der Waals surface area contributed by atoms with Crippen LogP contribution in [0.15, 0.2) is 30.3 Å². The fourth-order valence-electron chi connectivity index (χ4n) is 1.38. The Morgan fingerprint density at radius 3 is 2.62 bits per heavy atom. The zero-order chi connectivity index (χ0) is 11.8. The summed E-state index contributed by atoms with van der Waals surface area (Å²) in [5.41, 5.74) is 12.1. The lowest BCUT2D eigenvalue weighted by molar-refractivity contribution is -0.122. The number of benzene rings is 1. The van der Waals surface area contributed by atoms with Crippen molar-refractivity contribution in [2.75, 3.05) is 6.54 Å². The van der Waals surface area contributed by atoms with Gasteiger partial charge in [0.2, 0.25) is 5.91 Å². The minimum absolute atomic E-state index is 0.114. The lowest BCUT2D eigenvalue weighted by Gasteiger charge is -2.11. The molecule has 0 saturated carbocycles. The highest BCUT2D eigenvalue weighted by Gasteiger charge is 2.11. The molecular formula is C12H19N3O. The molecule has 0 aliphatic rings. The highest BCUT2D eigenvalue weighted by atomic mass is 16.2. The van der Waals surface area contributed by atoms with Crippen LogP contribution in [0.25, 0.3) is 0 Å².